The van der Waals surface area contributed by atoms with Crippen LogP contribution < -0.4 is 15.4 Å². The van der Waals surface area contributed by atoms with Gasteiger partial charge in [0, 0.05) is 55.9 Å². The zero-order valence-corrected chi connectivity index (χ0v) is 28.9. The van der Waals surface area contributed by atoms with Crippen molar-refractivity contribution in [2.45, 2.75) is 69.2 Å². The van der Waals surface area contributed by atoms with Gasteiger partial charge < -0.3 is 20.3 Å². The topological polar surface area (TPSA) is 112 Å². The number of aromatic nitrogens is 2. The highest BCUT2D eigenvalue weighted by molar-refractivity contribution is 7.23. The molecular formula is C34H33ClF5N7O2S. The van der Waals surface area contributed by atoms with Gasteiger partial charge in [0.15, 0.2) is 5.82 Å². The predicted molar refractivity (Wildman–Crippen MR) is 182 cm³/mol. The van der Waals surface area contributed by atoms with Crippen LogP contribution in [-0.2, 0) is 4.79 Å². The number of ether oxygens (including phenoxy) is 1. The molecule has 0 aliphatic carbocycles. The Kier molecular flexibility index (Phi) is 8.51. The number of benzene rings is 2. The lowest BCUT2D eigenvalue weighted by molar-refractivity contribution is -0.155. The van der Waals surface area contributed by atoms with E-state index in [4.69, 9.17) is 22.1 Å². The minimum absolute atomic E-state index is 0.0164. The molecule has 4 atom stereocenters. The van der Waals surface area contributed by atoms with Crippen LogP contribution in [0, 0.1) is 23.0 Å². The van der Waals surface area contributed by atoms with Crippen molar-refractivity contribution in [1.82, 2.24) is 19.8 Å². The Balaban J connectivity index is 1.37. The summed E-state index contributed by atoms with van der Waals surface area (Å²) in [6.45, 7) is 3.35. The normalized spacial score (nSPS) is 23.9. The van der Waals surface area contributed by atoms with Gasteiger partial charge in [0.05, 0.1) is 26.9 Å². The van der Waals surface area contributed by atoms with Gasteiger partial charge in [0.2, 0.25) is 0 Å². The van der Waals surface area contributed by atoms with Crippen molar-refractivity contribution in [3.05, 3.63) is 40.4 Å². The van der Waals surface area contributed by atoms with E-state index in [1.165, 1.54) is 12.1 Å². The van der Waals surface area contributed by atoms with E-state index < -0.39 is 47.3 Å². The molecule has 2 N–H and O–H groups in total. The number of likely N-dealkylation sites (tertiary alicyclic amines) is 1. The molecule has 0 radical (unpaired) electrons. The Morgan fingerprint density at radius 3 is 2.78 bits per heavy atom. The number of fused-ring (bicyclic) bond motifs is 3. The molecule has 5 heterocycles. The number of hydrogen-bond donors (Lipinski definition) is 1. The van der Waals surface area contributed by atoms with Gasteiger partial charge in [-0.1, -0.05) is 17.7 Å². The highest BCUT2D eigenvalue weighted by Crippen LogP contribution is 2.46. The minimum Gasteiger partial charge on any atom is -0.461 e. The van der Waals surface area contributed by atoms with Crippen LogP contribution in [0.15, 0.2) is 18.2 Å². The Hall–Kier alpha value is -4.00. The van der Waals surface area contributed by atoms with Crippen LogP contribution in [0.3, 0.4) is 0 Å². The molecule has 0 spiro atoms. The monoisotopic (exact) mass is 733 g/mol. The smallest absolute Gasteiger partial charge is 0.322 e. The first-order chi connectivity index (χ1) is 23.6. The number of nitrogens with two attached hydrogens (primary N) is 1. The number of carbonyl (C=O) groups excluding carboxylic acids is 1. The number of thiophene rings is 1. The number of nitriles is 1. The summed E-state index contributed by atoms with van der Waals surface area (Å²) in [6.07, 6.45) is 1.16. The van der Waals surface area contributed by atoms with E-state index in [9.17, 15) is 27.6 Å². The summed E-state index contributed by atoms with van der Waals surface area (Å²) in [6, 6.07) is 4.52. The van der Waals surface area contributed by atoms with Gasteiger partial charge in [-0.2, -0.15) is 24.0 Å². The fourth-order valence-electron chi connectivity index (χ4n) is 8.03. The van der Waals surface area contributed by atoms with Crippen molar-refractivity contribution in [3.8, 4) is 23.2 Å². The van der Waals surface area contributed by atoms with Crippen molar-refractivity contribution in [2.75, 3.05) is 43.9 Å². The summed E-state index contributed by atoms with van der Waals surface area (Å²) in [5.41, 5.74) is 5.24. The zero-order valence-electron chi connectivity index (χ0n) is 27.4. The molecule has 0 saturated carbocycles. The number of hydrogen-bond acceptors (Lipinski definition) is 9. The van der Waals surface area contributed by atoms with Crippen LogP contribution in [0.2, 0.25) is 5.02 Å². The maximum atomic E-state index is 17.0. The standard InChI is InChI=1S/C34H33ClF5N7O2S/c1-16-23(7-10-47(16)31(48)33(2,39)40)45(3)30-19-11-21(35)25(18-5-6-22(37)28-24(18)20(13-41)29(42)50-28)26(38)27(19)43-32(44-30)49-15-34-8-4-9-46(34)14-17(36)12-34/h5-6,11,16-17,23H,4,7-10,12,14-15,42H2,1-3H3. The second kappa shape index (κ2) is 12.3. The third kappa shape index (κ3) is 5.47. The highest BCUT2D eigenvalue weighted by atomic mass is 35.5. The molecule has 3 aliphatic heterocycles. The molecule has 3 fully saturated rings. The molecule has 2 aromatic carbocycles. The summed E-state index contributed by atoms with van der Waals surface area (Å²) in [4.78, 5) is 26.5. The minimum atomic E-state index is -3.56. The number of carbonyl (C=O) groups is 1. The molecule has 16 heteroatoms. The molecule has 4 unspecified atom stereocenters. The van der Waals surface area contributed by atoms with Gasteiger partial charge in [0.1, 0.15) is 41.0 Å². The van der Waals surface area contributed by atoms with Crippen LogP contribution in [-0.4, -0.2) is 88.7 Å². The molecular weight excluding hydrogens is 701 g/mol. The van der Waals surface area contributed by atoms with E-state index in [-0.39, 0.29) is 79.1 Å². The van der Waals surface area contributed by atoms with Crippen molar-refractivity contribution < 1.29 is 31.5 Å². The van der Waals surface area contributed by atoms with Crippen molar-refractivity contribution in [3.63, 3.8) is 0 Å². The molecule has 264 valence electrons. The molecule has 0 bridgehead atoms. The Morgan fingerprint density at radius 1 is 1.30 bits per heavy atom. The third-order valence-electron chi connectivity index (χ3n) is 10.5. The molecule has 50 heavy (non-hydrogen) atoms. The summed E-state index contributed by atoms with van der Waals surface area (Å²) >= 11 is 7.66. The number of rotatable bonds is 7. The van der Waals surface area contributed by atoms with E-state index in [0.717, 1.165) is 35.3 Å². The number of amides is 1. The molecule has 7 rings (SSSR count). The van der Waals surface area contributed by atoms with Gasteiger partial charge in [-0.05, 0) is 50.4 Å². The summed E-state index contributed by atoms with van der Waals surface area (Å²) in [5.74, 6) is -6.22. The maximum Gasteiger partial charge on any atom is 0.322 e. The summed E-state index contributed by atoms with van der Waals surface area (Å²) in [5, 5.41) is 10.1. The first kappa shape index (κ1) is 34.4. The molecule has 2 aromatic heterocycles. The lowest BCUT2D eigenvalue weighted by Crippen LogP contribution is -2.48. The molecule has 3 aliphatic rings. The van der Waals surface area contributed by atoms with E-state index in [1.54, 1.807) is 18.9 Å². The van der Waals surface area contributed by atoms with Crippen molar-refractivity contribution in [1.29, 1.82) is 5.26 Å². The maximum absolute atomic E-state index is 17.0. The van der Waals surface area contributed by atoms with Crippen LogP contribution in [0.1, 0.15) is 45.1 Å². The van der Waals surface area contributed by atoms with E-state index in [1.807, 2.05) is 6.07 Å². The molecule has 4 aromatic rings. The predicted octanol–water partition coefficient (Wildman–Crippen LogP) is 6.93. The number of nitrogen functional groups attached to an aromatic ring is 1. The van der Waals surface area contributed by atoms with Gasteiger partial charge >= 0.3 is 11.9 Å². The van der Waals surface area contributed by atoms with Crippen molar-refractivity contribution in [2.24, 2.45) is 0 Å². The average Bonchev–Trinajstić information content (AvgIpc) is 3.80. The van der Waals surface area contributed by atoms with Crippen LogP contribution >= 0.6 is 22.9 Å². The van der Waals surface area contributed by atoms with Crippen LogP contribution in [0.5, 0.6) is 6.01 Å². The van der Waals surface area contributed by atoms with Gasteiger partial charge in [-0.15, -0.1) is 11.3 Å². The lowest BCUT2D eigenvalue weighted by atomic mass is 9.95. The van der Waals surface area contributed by atoms with Crippen LogP contribution in [0.4, 0.5) is 32.8 Å². The number of alkyl halides is 3. The van der Waals surface area contributed by atoms with E-state index in [0.29, 0.717) is 26.3 Å². The first-order valence-corrected chi connectivity index (χ1v) is 17.4. The molecule has 3 saturated heterocycles. The van der Waals surface area contributed by atoms with Gasteiger partial charge in [0.25, 0.3) is 5.91 Å². The summed E-state index contributed by atoms with van der Waals surface area (Å²) < 4.78 is 80.8. The quantitative estimate of drug-likeness (QED) is 0.204. The molecule has 9 nitrogen and oxygen atoms in total. The van der Waals surface area contributed by atoms with Gasteiger partial charge in [-0.25, -0.2) is 13.2 Å². The fourth-order valence-corrected chi connectivity index (χ4v) is 9.28. The second-order valence-electron chi connectivity index (χ2n) is 13.5. The largest absolute Gasteiger partial charge is 0.461 e. The number of likely N-dealkylation sites (N-methyl/N-ethyl adjacent to an activating group) is 1. The first-order valence-electron chi connectivity index (χ1n) is 16.2. The zero-order chi connectivity index (χ0) is 35.9. The summed E-state index contributed by atoms with van der Waals surface area (Å²) in [7, 11) is 1.66. The average molecular weight is 734 g/mol. The Labute approximate surface area is 293 Å². The van der Waals surface area contributed by atoms with Gasteiger partial charge in [-0.3, -0.25) is 9.69 Å². The Bertz CT molecular complexity index is 2090. The third-order valence-corrected chi connectivity index (χ3v) is 11.8. The number of anilines is 2. The Morgan fingerprint density at radius 2 is 2.06 bits per heavy atom. The highest BCUT2D eigenvalue weighted by Gasteiger charge is 2.50. The number of nitrogens with zero attached hydrogens (tertiary/aromatic N) is 6. The second-order valence-corrected chi connectivity index (χ2v) is 14.9. The van der Waals surface area contributed by atoms with Crippen LogP contribution in [0.25, 0.3) is 32.1 Å². The fraction of sp³-hybridized carbons (Fsp3) is 0.471. The van der Waals surface area contributed by atoms with E-state index >= 15 is 4.39 Å². The SMILES string of the molecule is CC1C(N(C)c2nc(OCC34CCCN3CC(F)C4)nc3c(F)c(-c4ccc(F)c5sc(N)c(C#N)c45)c(Cl)cc23)CCN1C(=O)C(C)(F)F. The van der Waals surface area contributed by atoms with E-state index in [2.05, 4.69) is 14.9 Å². The molecule has 1 amide bonds. The lowest BCUT2D eigenvalue weighted by Gasteiger charge is -2.33. The number of halogens is 6. The van der Waals surface area contributed by atoms with Crippen molar-refractivity contribution >= 4 is 60.7 Å².